The number of hydrogen-bond acceptors (Lipinski definition) is 3. The van der Waals surface area contributed by atoms with E-state index < -0.39 is 0 Å². The van der Waals surface area contributed by atoms with Crippen molar-refractivity contribution in [3.8, 4) is 11.5 Å². The van der Waals surface area contributed by atoms with Crippen LogP contribution in [0.1, 0.15) is 50.7 Å². The lowest BCUT2D eigenvalue weighted by molar-refractivity contribution is 0.305. The van der Waals surface area contributed by atoms with Gasteiger partial charge in [0, 0.05) is 12.8 Å². The molecule has 2 aromatic carbocycles. The van der Waals surface area contributed by atoms with E-state index in [1.54, 1.807) is 0 Å². The first kappa shape index (κ1) is 19.0. The molecule has 25 heavy (non-hydrogen) atoms. The van der Waals surface area contributed by atoms with Gasteiger partial charge in [0.05, 0.1) is 6.61 Å². The van der Waals surface area contributed by atoms with Crippen molar-refractivity contribution in [3.05, 3.63) is 59.7 Å². The van der Waals surface area contributed by atoms with Crippen molar-refractivity contribution in [2.24, 2.45) is 4.99 Å². The fourth-order valence-electron chi connectivity index (χ4n) is 2.47. The van der Waals surface area contributed by atoms with Gasteiger partial charge in [-0.2, -0.15) is 0 Å². The summed E-state index contributed by atoms with van der Waals surface area (Å²) in [6.07, 6.45) is 6.96. The molecule has 3 heteroatoms. The highest BCUT2D eigenvalue weighted by atomic mass is 16.5. The zero-order valence-electron chi connectivity index (χ0n) is 15.4. The Morgan fingerprint density at radius 2 is 1.48 bits per heavy atom. The maximum atomic E-state index is 5.83. The molecule has 0 N–H and O–H groups in total. The zero-order valence-corrected chi connectivity index (χ0v) is 15.4. The lowest BCUT2D eigenvalue weighted by atomic mass is 10.2. The van der Waals surface area contributed by atoms with E-state index in [1.807, 2.05) is 61.7 Å². The van der Waals surface area contributed by atoms with Crippen LogP contribution in [0.4, 0.5) is 0 Å². The quantitative estimate of drug-likeness (QED) is 0.390. The van der Waals surface area contributed by atoms with Crippen molar-refractivity contribution in [1.29, 1.82) is 0 Å². The van der Waals surface area contributed by atoms with Gasteiger partial charge < -0.3 is 9.47 Å². The molecule has 0 aromatic heterocycles. The minimum absolute atomic E-state index is 0.553. The molecule has 0 radical (unpaired) electrons. The predicted molar refractivity (Wildman–Crippen MR) is 105 cm³/mol. The third kappa shape index (κ3) is 7.42. The van der Waals surface area contributed by atoms with E-state index in [2.05, 4.69) is 11.9 Å². The molecule has 0 atom stereocenters. The summed E-state index contributed by atoms with van der Waals surface area (Å²) in [4.78, 5) is 4.48. The van der Waals surface area contributed by atoms with E-state index in [0.717, 1.165) is 29.2 Å². The summed E-state index contributed by atoms with van der Waals surface area (Å²) in [5.41, 5.74) is 2.24. The Morgan fingerprint density at radius 3 is 2.16 bits per heavy atom. The third-order valence-corrected chi connectivity index (χ3v) is 3.90. The molecule has 0 amide bonds. The summed E-state index contributed by atoms with van der Waals surface area (Å²) in [6.45, 7) is 6.36. The summed E-state index contributed by atoms with van der Waals surface area (Å²) in [5.74, 6) is 1.76. The summed E-state index contributed by atoms with van der Waals surface area (Å²) >= 11 is 0. The topological polar surface area (TPSA) is 30.8 Å². The van der Waals surface area contributed by atoms with Gasteiger partial charge in [0.25, 0.3) is 0 Å². The lowest BCUT2D eigenvalue weighted by Gasteiger charge is -2.08. The Bertz CT molecular complexity index is 617. The molecule has 0 saturated heterocycles. The number of unbranched alkanes of at least 4 members (excludes halogenated alkanes) is 3. The van der Waals surface area contributed by atoms with Crippen LogP contribution in [0.25, 0.3) is 0 Å². The molecule has 0 aliphatic heterocycles. The smallest absolute Gasteiger partial charge is 0.119 e. The van der Waals surface area contributed by atoms with Gasteiger partial charge in [-0.3, -0.25) is 4.99 Å². The highest BCUT2D eigenvalue weighted by Gasteiger charge is 1.98. The molecule has 0 bridgehead atoms. The van der Waals surface area contributed by atoms with Crippen LogP contribution in [0, 0.1) is 0 Å². The average molecular weight is 339 g/mol. The molecule has 0 heterocycles. The molecule has 0 aliphatic carbocycles. The van der Waals surface area contributed by atoms with E-state index in [0.29, 0.717) is 13.2 Å². The van der Waals surface area contributed by atoms with Gasteiger partial charge in [0.2, 0.25) is 0 Å². The molecular weight excluding hydrogens is 310 g/mol. The zero-order chi connectivity index (χ0) is 17.7. The molecule has 0 aliphatic rings. The highest BCUT2D eigenvalue weighted by Crippen LogP contribution is 2.16. The van der Waals surface area contributed by atoms with Gasteiger partial charge in [-0.15, -0.1) is 0 Å². The van der Waals surface area contributed by atoms with Crippen molar-refractivity contribution in [2.45, 2.75) is 46.1 Å². The van der Waals surface area contributed by atoms with Crippen LogP contribution in [0.2, 0.25) is 0 Å². The van der Waals surface area contributed by atoms with E-state index in [-0.39, 0.29) is 0 Å². The molecule has 0 unspecified atom stereocenters. The van der Waals surface area contributed by atoms with Gasteiger partial charge in [-0.25, -0.2) is 0 Å². The van der Waals surface area contributed by atoms with Crippen LogP contribution >= 0.6 is 0 Å². The second-order valence-corrected chi connectivity index (χ2v) is 6.03. The first-order chi connectivity index (χ1) is 12.3. The average Bonchev–Trinajstić information content (AvgIpc) is 2.65. The molecular formula is C22H29NO2. The fraction of sp³-hybridized carbons (Fsp3) is 0.409. The Hall–Kier alpha value is -2.29. The highest BCUT2D eigenvalue weighted by molar-refractivity contribution is 5.79. The van der Waals surface area contributed by atoms with Gasteiger partial charge >= 0.3 is 0 Å². The molecule has 3 nitrogen and oxygen atoms in total. The van der Waals surface area contributed by atoms with E-state index in [9.17, 15) is 0 Å². The van der Waals surface area contributed by atoms with Gasteiger partial charge in [-0.05, 0) is 60.9 Å². The number of hydrogen-bond donors (Lipinski definition) is 0. The van der Waals surface area contributed by atoms with Gasteiger partial charge in [-0.1, -0.05) is 38.3 Å². The van der Waals surface area contributed by atoms with Crippen LogP contribution in [0.15, 0.2) is 53.5 Å². The molecule has 134 valence electrons. The summed E-state index contributed by atoms with van der Waals surface area (Å²) in [7, 11) is 0. The monoisotopic (exact) mass is 339 g/mol. The van der Waals surface area contributed by atoms with Crippen LogP contribution in [0.3, 0.4) is 0 Å². The Kier molecular flexibility index (Phi) is 8.60. The van der Waals surface area contributed by atoms with Crippen LogP contribution < -0.4 is 9.47 Å². The first-order valence-corrected chi connectivity index (χ1v) is 9.26. The van der Waals surface area contributed by atoms with Gasteiger partial charge in [0.1, 0.15) is 18.1 Å². The minimum atomic E-state index is 0.553. The number of aliphatic imine (C=N–C) groups is 1. The summed E-state index contributed by atoms with van der Waals surface area (Å²) < 4.78 is 11.3. The normalized spacial score (nSPS) is 11.0. The largest absolute Gasteiger partial charge is 0.494 e. The fourth-order valence-corrected chi connectivity index (χ4v) is 2.47. The summed E-state index contributed by atoms with van der Waals surface area (Å²) in [6, 6.07) is 16.1. The van der Waals surface area contributed by atoms with Crippen molar-refractivity contribution in [2.75, 3.05) is 13.2 Å². The number of benzene rings is 2. The van der Waals surface area contributed by atoms with Crippen LogP contribution in [-0.2, 0) is 6.61 Å². The van der Waals surface area contributed by atoms with Crippen molar-refractivity contribution >= 4 is 6.21 Å². The number of rotatable bonds is 11. The maximum absolute atomic E-state index is 5.83. The van der Waals surface area contributed by atoms with Crippen molar-refractivity contribution < 1.29 is 9.47 Å². The standard InChI is InChI=1S/C22H29NO2/c1-3-5-6-7-16-23-17-19-8-12-22(13-9-19)25-18-20-10-14-21(15-11-20)24-4-2/h8-15,17H,3-7,16,18H2,1-2H3/b23-17+. The van der Waals surface area contributed by atoms with Crippen molar-refractivity contribution in [3.63, 3.8) is 0 Å². The molecule has 0 fully saturated rings. The second kappa shape index (κ2) is 11.3. The number of nitrogens with zero attached hydrogens (tertiary/aromatic N) is 1. The number of ether oxygens (including phenoxy) is 2. The molecule has 0 saturated carbocycles. The second-order valence-electron chi connectivity index (χ2n) is 6.03. The molecule has 2 rings (SSSR count). The van der Waals surface area contributed by atoms with Crippen LogP contribution in [0.5, 0.6) is 11.5 Å². The Morgan fingerprint density at radius 1 is 0.800 bits per heavy atom. The maximum Gasteiger partial charge on any atom is 0.119 e. The van der Waals surface area contributed by atoms with Crippen molar-refractivity contribution in [1.82, 2.24) is 0 Å². The summed E-state index contributed by atoms with van der Waals surface area (Å²) in [5, 5.41) is 0. The van der Waals surface area contributed by atoms with E-state index in [4.69, 9.17) is 9.47 Å². The predicted octanol–water partition coefficient (Wildman–Crippen LogP) is 5.66. The van der Waals surface area contributed by atoms with E-state index in [1.165, 1.54) is 25.7 Å². The molecule has 2 aromatic rings. The minimum Gasteiger partial charge on any atom is -0.494 e. The third-order valence-electron chi connectivity index (χ3n) is 3.90. The Labute approximate surface area is 151 Å². The molecule has 0 spiro atoms. The first-order valence-electron chi connectivity index (χ1n) is 9.26. The van der Waals surface area contributed by atoms with E-state index >= 15 is 0 Å². The Balaban J connectivity index is 1.75. The SMILES string of the molecule is CCCCCC/N=C/c1ccc(OCc2ccc(OCC)cc2)cc1. The lowest BCUT2D eigenvalue weighted by Crippen LogP contribution is -1.96. The van der Waals surface area contributed by atoms with Gasteiger partial charge in [0.15, 0.2) is 0 Å². The van der Waals surface area contributed by atoms with Crippen LogP contribution in [-0.4, -0.2) is 19.4 Å².